The maximum Gasteiger partial charge on any atom is 0.0931 e. The molecule has 0 aliphatic heterocycles. The van der Waals surface area contributed by atoms with Crippen LogP contribution in [0.1, 0.15) is 17.7 Å². The number of hydrogen-bond donors (Lipinski definition) is 2. The fourth-order valence-corrected chi connectivity index (χ4v) is 3.11. The van der Waals surface area contributed by atoms with E-state index in [9.17, 15) is 0 Å². The predicted octanol–water partition coefficient (Wildman–Crippen LogP) is 2.53. The summed E-state index contributed by atoms with van der Waals surface area (Å²) in [4.78, 5) is 1.37. The molecule has 90 valence electrons. The molecule has 0 atom stereocenters. The minimum Gasteiger partial charge on any atom is -0.319 e. The van der Waals surface area contributed by atoms with Crippen molar-refractivity contribution < 1.29 is 0 Å². The van der Waals surface area contributed by atoms with Crippen molar-refractivity contribution in [1.29, 1.82) is 0 Å². The van der Waals surface area contributed by atoms with Gasteiger partial charge in [-0.05, 0) is 50.4 Å². The smallest absolute Gasteiger partial charge is 0.0931 e. The zero-order chi connectivity index (χ0) is 11.4. The van der Waals surface area contributed by atoms with Gasteiger partial charge in [0.05, 0.1) is 4.34 Å². The Bertz CT molecular complexity index is 334. The van der Waals surface area contributed by atoms with Gasteiger partial charge in [0.1, 0.15) is 0 Å². The van der Waals surface area contributed by atoms with E-state index >= 15 is 0 Å². The molecule has 1 aromatic heterocycles. The molecule has 1 heterocycles. The van der Waals surface area contributed by atoms with Gasteiger partial charge in [-0.3, -0.25) is 0 Å². The molecule has 1 saturated carbocycles. The van der Waals surface area contributed by atoms with Gasteiger partial charge in [-0.25, -0.2) is 0 Å². The molecular formula is C12H19ClN2S. The van der Waals surface area contributed by atoms with Crippen LogP contribution in [0.15, 0.2) is 12.1 Å². The molecule has 0 amide bonds. The third kappa shape index (κ3) is 3.45. The summed E-state index contributed by atoms with van der Waals surface area (Å²) in [6, 6.07) is 4.10. The summed E-state index contributed by atoms with van der Waals surface area (Å²) in [7, 11) is 2.04. The highest BCUT2D eigenvalue weighted by molar-refractivity contribution is 7.16. The lowest BCUT2D eigenvalue weighted by atomic mass is 10.1. The van der Waals surface area contributed by atoms with E-state index in [1.165, 1.54) is 17.7 Å². The van der Waals surface area contributed by atoms with Crippen LogP contribution in [0, 0.1) is 5.41 Å². The van der Waals surface area contributed by atoms with Crippen LogP contribution < -0.4 is 10.6 Å². The molecule has 1 aromatic rings. The first kappa shape index (κ1) is 12.4. The third-order valence-electron chi connectivity index (χ3n) is 3.19. The molecule has 0 unspecified atom stereocenters. The first-order valence-corrected chi connectivity index (χ1v) is 7.03. The summed E-state index contributed by atoms with van der Waals surface area (Å²) in [5.74, 6) is 0. The molecule has 0 aromatic carbocycles. The number of thiophene rings is 1. The highest BCUT2D eigenvalue weighted by atomic mass is 35.5. The normalized spacial score (nSPS) is 17.6. The second kappa shape index (κ2) is 5.50. The summed E-state index contributed by atoms with van der Waals surface area (Å²) in [5.41, 5.74) is 0.557. The van der Waals surface area contributed by atoms with Gasteiger partial charge in [0, 0.05) is 18.0 Å². The lowest BCUT2D eigenvalue weighted by molar-refractivity contribution is 0.441. The fraction of sp³-hybridized carbons (Fsp3) is 0.667. The molecule has 0 radical (unpaired) electrons. The molecule has 0 bridgehead atoms. The van der Waals surface area contributed by atoms with Crippen molar-refractivity contribution in [2.75, 3.05) is 26.7 Å². The van der Waals surface area contributed by atoms with Crippen LogP contribution in [0.4, 0.5) is 0 Å². The highest BCUT2D eigenvalue weighted by Gasteiger charge is 2.41. The van der Waals surface area contributed by atoms with Gasteiger partial charge in [0.15, 0.2) is 0 Å². The molecule has 2 N–H and O–H groups in total. The van der Waals surface area contributed by atoms with Crippen molar-refractivity contribution in [3.8, 4) is 0 Å². The van der Waals surface area contributed by atoms with Gasteiger partial charge in [-0.1, -0.05) is 11.6 Å². The van der Waals surface area contributed by atoms with E-state index < -0.39 is 0 Å². The Balaban J connectivity index is 1.62. The summed E-state index contributed by atoms with van der Waals surface area (Å²) < 4.78 is 0.892. The molecule has 1 aliphatic rings. The summed E-state index contributed by atoms with van der Waals surface area (Å²) >= 11 is 7.57. The lowest BCUT2D eigenvalue weighted by Gasteiger charge is -2.14. The largest absolute Gasteiger partial charge is 0.319 e. The van der Waals surface area contributed by atoms with E-state index in [0.29, 0.717) is 5.41 Å². The molecule has 4 heteroatoms. The van der Waals surface area contributed by atoms with Crippen molar-refractivity contribution in [2.45, 2.75) is 19.3 Å². The van der Waals surface area contributed by atoms with Gasteiger partial charge in [0.2, 0.25) is 0 Å². The van der Waals surface area contributed by atoms with Gasteiger partial charge < -0.3 is 10.6 Å². The molecule has 0 spiro atoms. The Hall–Kier alpha value is -0.0900. The van der Waals surface area contributed by atoms with E-state index in [-0.39, 0.29) is 0 Å². The monoisotopic (exact) mass is 258 g/mol. The molecule has 2 rings (SSSR count). The molecule has 0 saturated heterocycles. The standard InChI is InChI=1S/C12H19ClN2S/c1-14-8-12(5-6-12)9-15-7-4-10-2-3-11(13)16-10/h2-3,14-15H,4-9H2,1H3. The zero-order valence-electron chi connectivity index (χ0n) is 9.68. The Morgan fingerprint density at radius 1 is 1.38 bits per heavy atom. The fourth-order valence-electron chi connectivity index (χ4n) is 2.02. The SMILES string of the molecule is CNCC1(CNCCc2ccc(Cl)s2)CC1. The van der Waals surface area contributed by atoms with Crippen molar-refractivity contribution in [3.05, 3.63) is 21.3 Å². The van der Waals surface area contributed by atoms with Crippen LogP contribution in [0.25, 0.3) is 0 Å². The number of nitrogens with one attached hydrogen (secondary N) is 2. The number of rotatable bonds is 7. The zero-order valence-corrected chi connectivity index (χ0v) is 11.3. The van der Waals surface area contributed by atoms with Gasteiger partial charge in [-0.2, -0.15) is 0 Å². The molecule has 1 fully saturated rings. The lowest BCUT2D eigenvalue weighted by Crippen LogP contribution is -2.32. The Labute approximate surface area is 106 Å². The van der Waals surface area contributed by atoms with Crippen LogP contribution in [-0.2, 0) is 6.42 Å². The van der Waals surface area contributed by atoms with Crippen LogP contribution in [0.3, 0.4) is 0 Å². The topological polar surface area (TPSA) is 24.1 Å². The van der Waals surface area contributed by atoms with Crippen molar-refractivity contribution in [3.63, 3.8) is 0 Å². The average Bonchev–Trinajstić information content (AvgIpc) is 2.90. The van der Waals surface area contributed by atoms with Gasteiger partial charge >= 0.3 is 0 Å². The summed E-state index contributed by atoms with van der Waals surface area (Å²) in [6.45, 7) is 3.35. The van der Waals surface area contributed by atoms with E-state index in [1.807, 2.05) is 13.1 Å². The van der Waals surface area contributed by atoms with E-state index in [0.717, 1.165) is 30.4 Å². The number of hydrogen-bond acceptors (Lipinski definition) is 3. The summed E-state index contributed by atoms with van der Waals surface area (Å²) in [6.07, 6.45) is 3.82. The van der Waals surface area contributed by atoms with Gasteiger partial charge in [0.25, 0.3) is 0 Å². The maximum atomic E-state index is 5.89. The van der Waals surface area contributed by atoms with Crippen LogP contribution in [0.5, 0.6) is 0 Å². The molecule has 16 heavy (non-hydrogen) atoms. The van der Waals surface area contributed by atoms with Crippen molar-refractivity contribution >= 4 is 22.9 Å². The second-order valence-electron chi connectivity index (χ2n) is 4.66. The Morgan fingerprint density at radius 2 is 2.19 bits per heavy atom. The van der Waals surface area contributed by atoms with Crippen molar-refractivity contribution in [1.82, 2.24) is 10.6 Å². The third-order valence-corrected chi connectivity index (χ3v) is 4.48. The average molecular weight is 259 g/mol. The first-order valence-electron chi connectivity index (χ1n) is 5.84. The minimum atomic E-state index is 0.557. The van der Waals surface area contributed by atoms with Crippen molar-refractivity contribution in [2.24, 2.45) is 5.41 Å². The second-order valence-corrected chi connectivity index (χ2v) is 6.46. The van der Waals surface area contributed by atoms with E-state index in [1.54, 1.807) is 11.3 Å². The van der Waals surface area contributed by atoms with E-state index in [4.69, 9.17) is 11.6 Å². The predicted molar refractivity (Wildman–Crippen MR) is 71.5 cm³/mol. The molecule has 2 nitrogen and oxygen atoms in total. The molecule has 1 aliphatic carbocycles. The quantitative estimate of drug-likeness (QED) is 0.735. The summed E-state index contributed by atoms with van der Waals surface area (Å²) in [5, 5.41) is 6.83. The van der Waals surface area contributed by atoms with Crippen LogP contribution in [0.2, 0.25) is 4.34 Å². The first-order chi connectivity index (χ1) is 7.74. The minimum absolute atomic E-state index is 0.557. The van der Waals surface area contributed by atoms with Crippen LogP contribution in [-0.4, -0.2) is 26.7 Å². The van der Waals surface area contributed by atoms with Gasteiger partial charge in [-0.15, -0.1) is 11.3 Å². The van der Waals surface area contributed by atoms with Crippen LogP contribution >= 0.6 is 22.9 Å². The molecular weight excluding hydrogens is 240 g/mol. The maximum absolute atomic E-state index is 5.89. The Kier molecular flexibility index (Phi) is 4.25. The highest BCUT2D eigenvalue weighted by Crippen LogP contribution is 2.44. The number of halogens is 1. The van der Waals surface area contributed by atoms with E-state index in [2.05, 4.69) is 16.7 Å². The Morgan fingerprint density at radius 3 is 2.75 bits per heavy atom.